The van der Waals surface area contributed by atoms with E-state index in [2.05, 4.69) is 10.6 Å². The van der Waals surface area contributed by atoms with Crippen molar-refractivity contribution < 1.29 is 33.8 Å². The molecule has 1 fully saturated rings. The Morgan fingerprint density at radius 1 is 1.14 bits per heavy atom. The van der Waals surface area contributed by atoms with E-state index in [4.69, 9.17) is 32.7 Å². The highest BCUT2D eigenvalue weighted by Gasteiger charge is 2.44. The van der Waals surface area contributed by atoms with Gasteiger partial charge in [0.15, 0.2) is 0 Å². The van der Waals surface area contributed by atoms with Gasteiger partial charge in [0.05, 0.1) is 7.11 Å². The number of esters is 1. The predicted molar refractivity (Wildman–Crippen MR) is 132 cm³/mol. The second kappa shape index (κ2) is 12.1. The van der Waals surface area contributed by atoms with E-state index in [1.54, 1.807) is 42.5 Å². The van der Waals surface area contributed by atoms with Crippen LogP contribution in [-0.4, -0.2) is 47.6 Å². The Kier molecular flexibility index (Phi) is 9.17. The van der Waals surface area contributed by atoms with Gasteiger partial charge in [0, 0.05) is 34.9 Å². The zero-order valence-corrected chi connectivity index (χ0v) is 21.0. The SMILES string of the molecule is COC(=O)[C@H](Cc1ccc(OCc2c(Cl)cccc2Cl)cc1)NC(=O)CC[C@@]1(C(=O)O)CCC(=O)N1. The summed E-state index contributed by atoms with van der Waals surface area (Å²) < 4.78 is 10.6. The van der Waals surface area contributed by atoms with Crippen molar-refractivity contribution in [2.75, 3.05) is 7.11 Å². The Balaban J connectivity index is 1.58. The van der Waals surface area contributed by atoms with Crippen molar-refractivity contribution in [1.82, 2.24) is 10.6 Å². The summed E-state index contributed by atoms with van der Waals surface area (Å²) in [6.45, 7) is 0.178. The molecule has 2 aromatic carbocycles. The zero-order valence-electron chi connectivity index (χ0n) is 19.5. The second-order valence-corrected chi connectivity index (χ2v) is 9.23. The monoisotopic (exact) mass is 536 g/mol. The molecule has 0 spiro atoms. The van der Waals surface area contributed by atoms with Crippen molar-refractivity contribution >= 4 is 47.0 Å². The number of carboxylic acids is 1. The molecule has 0 saturated carbocycles. The number of halogens is 2. The predicted octanol–water partition coefficient (Wildman–Crippen LogP) is 3.29. The van der Waals surface area contributed by atoms with Crippen LogP contribution in [0.1, 0.15) is 36.8 Å². The van der Waals surface area contributed by atoms with Gasteiger partial charge in [-0.05, 0) is 42.7 Å². The van der Waals surface area contributed by atoms with Gasteiger partial charge in [0.1, 0.15) is 23.9 Å². The Hall–Kier alpha value is -3.30. The van der Waals surface area contributed by atoms with Crippen molar-refractivity contribution in [2.45, 2.75) is 50.3 Å². The summed E-state index contributed by atoms with van der Waals surface area (Å²) in [7, 11) is 1.21. The van der Waals surface area contributed by atoms with Crippen molar-refractivity contribution in [3.05, 3.63) is 63.6 Å². The molecule has 3 N–H and O–H groups in total. The number of aliphatic carboxylic acids is 1. The quantitative estimate of drug-likeness (QED) is 0.375. The first-order chi connectivity index (χ1) is 17.1. The van der Waals surface area contributed by atoms with Crippen LogP contribution >= 0.6 is 23.2 Å². The van der Waals surface area contributed by atoms with E-state index in [0.717, 1.165) is 5.56 Å². The summed E-state index contributed by atoms with van der Waals surface area (Å²) in [5.74, 6) is -2.16. The lowest BCUT2D eigenvalue weighted by Crippen LogP contribution is -2.50. The summed E-state index contributed by atoms with van der Waals surface area (Å²) in [4.78, 5) is 48.0. The molecule has 2 atom stereocenters. The molecule has 0 aliphatic carbocycles. The van der Waals surface area contributed by atoms with Crippen LogP contribution in [-0.2, 0) is 36.9 Å². The van der Waals surface area contributed by atoms with Crippen molar-refractivity contribution in [3.8, 4) is 5.75 Å². The van der Waals surface area contributed by atoms with E-state index in [0.29, 0.717) is 21.4 Å². The van der Waals surface area contributed by atoms with Gasteiger partial charge in [-0.3, -0.25) is 9.59 Å². The van der Waals surface area contributed by atoms with Crippen LogP contribution < -0.4 is 15.4 Å². The number of benzene rings is 2. The summed E-state index contributed by atoms with van der Waals surface area (Å²) in [6.07, 6.45) is 0.0679. The first-order valence-electron chi connectivity index (χ1n) is 11.2. The van der Waals surface area contributed by atoms with Crippen LogP contribution in [0.25, 0.3) is 0 Å². The van der Waals surface area contributed by atoms with Gasteiger partial charge in [-0.2, -0.15) is 0 Å². The molecule has 192 valence electrons. The van der Waals surface area contributed by atoms with E-state index < -0.39 is 29.4 Å². The third-order valence-corrected chi connectivity index (χ3v) is 6.68. The minimum absolute atomic E-state index is 0.0871. The number of rotatable bonds is 11. The molecule has 2 amide bonds. The molecule has 1 heterocycles. The minimum Gasteiger partial charge on any atom is -0.489 e. The Labute approximate surface area is 218 Å². The van der Waals surface area contributed by atoms with Crippen molar-refractivity contribution in [2.24, 2.45) is 0 Å². The molecule has 0 unspecified atom stereocenters. The molecule has 9 nitrogen and oxygen atoms in total. The van der Waals surface area contributed by atoms with Gasteiger partial charge >= 0.3 is 11.9 Å². The first kappa shape index (κ1) is 27.3. The number of carboxylic acid groups (broad SMARTS) is 1. The summed E-state index contributed by atoms with van der Waals surface area (Å²) in [5, 5.41) is 15.6. The number of hydrogen-bond acceptors (Lipinski definition) is 6. The largest absolute Gasteiger partial charge is 0.489 e. The molecule has 11 heteroatoms. The van der Waals surface area contributed by atoms with Gasteiger partial charge in [0.25, 0.3) is 0 Å². The van der Waals surface area contributed by atoms with Gasteiger partial charge < -0.3 is 25.2 Å². The smallest absolute Gasteiger partial charge is 0.329 e. The molecule has 0 aromatic heterocycles. The maximum absolute atomic E-state index is 12.5. The van der Waals surface area contributed by atoms with E-state index in [1.165, 1.54) is 7.11 Å². The fourth-order valence-corrected chi connectivity index (χ4v) is 4.39. The fraction of sp³-hybridized carbons (Fsp3) is 0.360. The Morgan fingerprint density at radius 2 is 1.81 bits per heavy atom. The lowest BCUT2D eigenvalue weighted by atomic mass is 9.91. The average Bonchev–Trinajstić information content (AvgIpc) is 3.24. The number of carbonyl (C=O) groups excluding carboxylic acids is 3. The van der Waals surface area contributed by atoms with E-state index in [-0.39, 0.29) is 44.6 Å². The minimum atomic E-state index is -1.47. The molecule has 1 aliphatic heterocycles. The van der Waals surface area contributed by atoms with Gasteiger partial charge in [-0.25, -0.2) is 9.59 Å². The Morgan fingerprint density at radius 3 is 2.36 bits per heavy atom. The fourth-order valence-electron chi connectivity index (χ4n) is 3.89. The highest BCUT2D eigenvalue weighted by molar-refractivity contribution is 6.35. The number of ether oxygens (including phenoxy) is 2. The molecule has 0 bridgehead atoms. The average molecular weight is 537 g/mol. The van der Waals surface area contributed by atoms with E-state index >= 15 is 0 Å². The molecular formula is C25H26Cl2N2O7. The van der Waals surface area contributed by atoms with Crippen LogP contribution in [0.3, 0.4) is 0 Å². The molecule has 1 aliphatic rings. The normalized spacial score (nSPS) is 17.7. The number of nitrogens with one attached hydrogen (secondary N) is 2. The number of amides is 2. The lowest BCUT2D eigenvalue weighted by Gasteiger charge is -2.24. The van der Waals surface area contributed by atoms with Crippen molar-refractivity contribution in [3.63, 3.8) is 0 Å². The number of carbonyl (C=O) groups is 4. The Bertz CT molecular complexity index is 1120. The molecular weight excluding hydrogens is 511 g/mol. The van der Waals surface area contributed by atoms with Crippen LogP contribution in [0.4, 0.5) is 0 Å². The van der Waals surface area contributed by atoms with Gasteiger partial charge in [-0.15, -0.1) is 0 Å². The maximum atomic E-state index is 12.5. The molecule has 3 rings (SSSR count). The molecule has 36 heavy (non-hydrogen) atoms. The first-order valence-corrected chi connectivity index (χ1v) is 12.0. The number of hydrogen-bond donors (Lipinski definition) is 3. The van der Waals surface area contributed by atoms with Crippen LogP contribution in [0.2, 0.25) is 10.0 Å². The number of methoxy groups -OCH3 is 1. The summed E-state index contributed by atoms with van der Waals surface area (Å²) in [6, 6.07) is 11.2. The van der Waals surface area contributed by atoms with E-state index in [1.807, 2.05) is 0 Å². The van der Waals surface area contributed by atoms with Crippen LogP contribution in [0, 0.1) is 0 Å². The third kappa shape index (κ3) is 6.89. The second-order valence-electron chi connectivity index (χ2n) is 8.42. The zero-order chi connectivity index (χ0) is 26.3. The molecule has 2 aromatic rings. The summed E-state index contributed by atoms with van der Waals surface area (Å²) >= 11 is 12.3. The maximum Gasteiger partial charge on any atom is 0.329 e. The van der Waals surface area contributed by atoms with Crippen molar-refractivity contribution in [1.29, 1.82) is 0 Å². The van der Waals surface area contributed by atoms with Crippen LogP contribution in [0.15, 0.2) is 42.5 Å². The molecule has 0 radical (unpaired) electrons. The van der Waals surface area contributed by atoms with Crippen LogP contribution in [0.5, 0.6) is 5.75 Å². The molecule has 1 saturated heterocycles. The highest BCUT2D eigenvalue weighted by Crippen LogP contribution is 2.27. The van der Waals surface area contributed by atoms with Gasteiger partial charge in [-0.1, -0.05) is 41.4 Å². The topological polar surface area (TPSA) is 131 Å². The highest BCUT2D eigenvalue weighted by atomic mass is 35.5. The third-order valence-electron chi connectivity index (χ3n) is 5.97. The lowest BCUT2D eigenvalue weighted by molar-refractivity contribution is -0.147. The van der Waals surface area contributed by atoms with Gasteiger partial charge in [0.2, 0.25) is 11.8 Å². The summed E-state index contributed by atoms with van der Waals surface area (Å²) in [5.41, 5.74) is -0.0710. The van der Waals surface area contributed by atoms with E-state index in [9.17, 15) is 24.3 Å². The standard InChI is InChI=1S/C25H26Cl2N2O7/c1-35-23(32)20(28-21(30)9-11-25(24(33)34)12-10-22(31)29-25)13-15-5-7-16(8-6-15)36-14-17-18(26)3-2-4-19(17)27/h2-8,20H,9-14H2,1H3,(H,28,30)(H,29,31)(H,33,34)/t20-,25-/m0/s1.